The van der Waals surface area contributed by atoms with Gasteiger partial charge in [-0.3, -0.25) is 9.59 Å². The number of carbonyl (C=O) groups excluding carboxylic acids is 2. The third kappa shape index (κ3) is 7.24. The molecule has 0 fully saturated rings. The maximum Gasteiger partial charge on any atom is 0.239 e. The first kappa shape index (κ1) is 16.9. The van der Waals surface area contributed by atoms with Crippen LogP contribution in [0.1, 0.15) is 27.2 Å². The van der Waals surface area contributed by atoms with Gasteiger partial charge in [-0.25, -0.2) is 0 Å². The lowest BCUT2D eigenvalue weighted by Gasteiger charge is -2.19. The van der Waals surface area contributed by atoms with Gasteiger partial charge in [0.15, 0.2) is 0 Å². The quantitative estimate of drug-likeness (QED) is 0.584. The summed E-state index contributed by atoms with van der Waals surface area (Å²) in [5.41, 5.74) is -0.521. The third-order valence-corrected chi connectivity index (χ3v) is 2.35. The van der Waals surface area contributed by atoms with Crippen LogP contribution in [0.2, 0.25) is 0 Å². The van der Waals surface area contributed by atoms with Crippen molar-refractivity contribution in [2.24, 2.45) is 5.41 Å². The Hall–Kier alpha value is -1.14. The van der Waals surface area contributed by atoms with E-state index < -0.39 is 5.41 Å². The molecule has 0 saturated heterocycles. The van der Waals surface area contributed by atoms with Gasteiger partial charge in [-0.1, -0.05) is 20.8 Å². The number of methoxy groups -OCH3 is 1. The van der Waals surface area contributed by atoms with Crippen molar-refractivity contribution in [2.45, 2.75) is 33.2 Å². The van der Waals surface area contributed by atoms with Crippen molar-refractivity contribution in [3.63, 3.8) is 0 Å². The topological polar surface area (TPSA) is 87.7 Å². The molecule has 2 amide bonds. The normalized spacial score (nSPS) is 12.9. The minimum absolute atomic E-state index is 0.0837. The molecule has 0 aliphatic carbocycles. The fourth-order valence-corrected chi connectivity index (χ4v) is 1.17. The van der Waals surface area contributed by atoms with Crippen LogP contribution in [0.4, 0.5) is 0 Å². The van der Waals surface area contributed by atoms with Gasteiger partial charge in [0, 0.05) is 19.1 Å². The molecule has 0 aromatic heterocycles. The Morgan fingerprint density at radius 3 is 2.39 bits per heavy atom. The van der Waals surface area contributed by atoms with Gasteiger partial charge in [-0.15, -0.1) is 0 Å². The molecule has 6 heteroatoms. The van der Waals surface area contributed by atoms with Gasteiger partial charge in [0.05, 0.1) is 19.2 Å². The lowest BCUT2D eigenvalue weighted by Crippen LogP contribution is -2.46. The summed E-state index contributed by atoms with van der Waals surface area (Å²) in [5.74, 6) is -0.502. The number of aliphatic hydroxyl groups excluding tert-OH is 1. The van der Waals surface area contributed by atoms with Crippen LogP contribution in [-0.2, 0) is 14.3 Å². The van der Waals surface area contributed by atoms with Gasteiger partial charge in [0.1, 0.15) is 0 Å². The average molecular weight is 260 g/mol. The van der Waals surface area contributed by atoms with Crippen LogP contribution in [0.3, 0.4) is 0 Å². The zero-order chi connectivity index (χ0) is 14.2. The smallest absolute Gasteiger partial charge is 0.239 e. The lowest BCUT2D eigenvalue weighted by atomic mass is 9.96. The van der Waals surface area contributed by atoms with Crippen molar-refractivity contribution in [3.05, 3.63) is 0 Å². The first-order chi connectivity index (χ1) is 8.31. The van der Waals surface area contributed by atoms with Gasteiger partial charge >= 0.3 is 0 Å². The summed E-state index contributed by atoms with van der Waals surface area (Å²) in [6.07, 6.45) is 0.534. The van der Waals surface area contributed by atoms with Crippen LogP contribution < -0.4 is 10.6 Å². The van der Waals surface area contributed by atoms with Crippen molar-refractivity contribution >= 4 is 11.8 Å². The fraction of sp³-hybridized carbons (Fsp3) is 0.833. The second-order valence-corrected chi connectivity index (χ2v) is 5.16. The van der Waals surface area contributed by atoms with Crippen LogP contribution in [0.5, 0.6) is 0 Å². The first-order valence-electron chi connectivity index (χ1n) is 5.98. The Bertz CT molecular complexity index is 274. The van der Waals surface area contributed by atoms with Crippen molar-refractivity contribution in [3.8, 4) is 0 Å². The monoisotopic (exact) mass is 260 g/mol. The molecule has 3 N–H and O–H groups in total. The fourth-order valence-electron chi connectivity index (χ4n) is 1.17. The van der Waals surface area contributed by atoms with Gasteiger partial charge in [-0.2, -0.15) is 0 Å². The molecule has 0 aliphatic heterocycles. The molecule has 0 radical (unpaired) electrons. The molecule has 0 rings (SSSR count). The van der Waals surface area contributed by atoms with Gasteiger partial charge in [0.25, 0.3) is 0 Å². The summed E-state index contributed by atoms with van der Waals surface area (Å²) >= 11 is 0. The molecule has 106 valence electrons. The highest BCUT2D eigenvalue weighted by molar-refractivity contribution is 5.87. The number of amides is 2. The summed E-state index contributed by atoms with van der Waals surface area (Å²) in [5, 5.41) is 14.2. The number of carbonyl (C=O) groups is 2. The number of ether oxygens (including phenoxy) is 1. The third-order valence-electron chi connectivity index (χ3n) is 2.35. The highest BCUT2D eigenvalue weighted by Gasteiger charge is 2.21. The molecule has 0 bridgehead atoms. The van der Waals surface area contributed by atoms with Gasteiger partial charge < -0.3 is 20.5 Å². The Morgan fingerprint density at radius 2 is 1.94 bits per heavy atom. The van der Waals surface area contributed by atoms with E-state index >= 15 is 0 Å². The summed E-state index contributed by atoms with van der Waals surface area (Å²) in [6.45, 7) is 5.54. The Balaban J connectivity index is 3.99. The number of rotatable bonds is 7. The predicted molar refractivity (Wildman–Crippen MR) is 68.0 cm³/mol. The standard InChI is InChI=1S/C12H24N2O4/c1-12(2,3)11(17)13-7-10(16)14-9(8-15)5-6-18-4/h9,15H,5-8H2,1-4H3,(H,13,17)(H,14,16). The van der Waals surface area contributed by atoms with E-state index in [0.717, 1.165) is 0 Å². The highest BCUT2D eigenvalue weighted by atomic mass is 16.5. The molecule has 6 nitrogen and oxygen atoms in total. The van der Waals surface area contributed by atoms with Crippen LogP contribution >= 0.6 is 0 Å². The van der Waals surface area contributed by atoms with E-state index in [2.05, 4.69) is 10.6 Å². The summed E-state index contributed by atoms with van der Waals surface area (Å²) < 4.78 is 4.87. The lowest BCUT2D eigenvalue weighted by molar-refractivity contribution is -0.131. The molecule has 18 heavy (non-hydrogen) atoms. The highest BCUT2D eigenvalue weighted by Crippen LogP contribution is 2.11. The molecular weight excluding hydrogens is 236 g/mol. The summed E-state index contributed by atoms with van der Waals surface area (Å²) in [6, 6.07) is -0.344. The van der Waals surface area contributed by atoms with Crippen LogP contribution in [0.25, 0.3) is 0 Å². The van der Waals surface area contributed by atoms with Crippen LogP contribution in [0.15, 0.2) is 0 Å². The van der Waals surface area contributed by atoms with Gasteiger partial charge in [-0.05, 0) is 6.42 Å². The number of aliphatic hydroxyl groups is 1. The Labute approximate surface area is 108 Å². The van der Waals surface area contributed by atoms with Crippen molar-refractivity contribution in [1.29, 1.82) is 0 Å². The van der Waals surface area contributed by atoms with Crippen LogP contribution in [0, 0.1) is 5.41 Å². The average Bonchev–Trinajstić information content (AvgIpc) is 2.30. The van der Waals surface area contributed by atoms with E-state index in [9.17, 15) is 9.59 Å². The van der Waals surface area contributed by atoms with Crippen LogP contribution in [-0.4, -0.2) is 49.8 Å². The zero-order valence-electron chi connectivity index (χ0n) is 11.6. The summed E-state index contributed by atoms with van der Waals surface area (Å²) in [4.78, 5) is 23.1. The molecule has 1 atom stereocenters. The minimum Gasteiger partial charge on any atom is -0.394 e. The van der Waals surface area contributed by atoms with E-state index in [1.165, 1.54) is 0 Å². The van der Waals surface area contributed by atoms with E-state index in [0.29, 0.717) is 13.0 Å². The summed E-state index contributed by atoms with van der Waals surface area (Å²) in [7, 11) is 1.56. The second-order valence-electron chi connectivity index (χ2n) is 5.16. The van der Waals surface area contributed by atoms with E-state index in [1.807, 2.05) is 0 Å². The maximum absolute atomic E-state index is 11.5. The van der Waals surface area contributed by atoms with E-state index in [4.69, 9.17) is 9.84 Å². The molecule has 0 aromatic rings. The molecule has 0 aromatic carbocycles. The van der Waals surface area contributed by atoms with Crippen molar-refractivity contribution in [2.75, 3.05) is 26.9 Å². The van der Waals surface area contributed by atoms with E-state index in [-0.39, 0.29) is 31.0 Å². The molecule has 0 spiro atoms. The molecule has 1 unspecified atom stereocenters. The molecule has 0 aliphatic rings. The second kappa shape index (κ2) is 8.05. The van der Waals surface area contributed by atoms with Crippen molar-refractivity contribution < 1.29 is 19.4 Å². The number of hydrogen-bond donors (Lipinski definition) is 3. The SMILES string of the molecule is COCCC(CO)NC(=O)CNC(=O)C(C)(C)C. The zero-order valence-corrected chi connectivity index (χ0v) is 11.6. The molecule has 0 saturated carbocycles. The van der Waals surface area contributed by atoms with Gasteiger partial charge in [0.2, 0.25) is 11.8 Å². The number of hydrogen-bond acceptors (Lipinski definition) is 4. The molecule has 0 heterocycles. The Kier molecular flexibility index (Phi) is 7.54. The Morgan fingerprint density at radius 1 is 1.33 bits per heavy atom. The largest absolute Gasteiger partial charge is 0.394 e. The van der Waals surface area contributed by atoms with Crippen molar-refractivity contribution in [1.82, 2.24) is 10.6 Å². The predicted octanol–water partition coefficient (Wildman–Crippen LogP) is -0.338. The van der Waals surface area contributed by atoms with E-state index in [1.54, 1.807) is 27.9 Å². The first-order valence-corrected chi connectivity index (χ1v) is 5.98. The minimum atomic E-state index is -0.521. The number of nitrogens with one attached hydrogen (secondary N) is 2. The maximum atomic E-state index is 11.5. The molecular formula is C12H24N2O4.